The maximum atomic E-state index is 6.11. The van der Waals surface area contributed by atoms with Crippen LogP contribution in [0.5, 0.6) is 0 Å². The predicted molar refractivity (Wildman–Crippen MR) is 150 cm³/mol. The van der Waals surface area contributed by atoms with Gasteiger partial charge < -0.3 is 9.47 Å². The maximum absolute atomic E-state index is 6.11. The van der Waals surface area contributed by atoms with Crippen molar-refractivity contribution >= 4 is 11.8 Å². The molecule has 0 N–H and O–H groups in total. The SMILES string of the molecule is CC(C)(C1=N[C@@H](c2ccc(-c3ccccc3)cc2)CO1)C1=N[C@@H](c2ccc(-c3ccccc3)cc2)CO1. The summed E-state index contributed by atoms with van der Waals surface area (Å²) in [7, 11) is 0. The molecule has 4 heteroatoms. The predicted octanol–water partition coefficient (Wildman–Crippen LogP) is 7.69. The quantitative estimate of drug-likeness (QED) is 0.280. The second-order valence-electron chi connectivity index (χ2n) is 10.1. The normalized spacial score (nSPS) is 19.1. The Hall–Kier alpha value is -4.18. The zero-order chi connectivity index (χ0) is 25.2. The minimum absolute atomic E-state index is 0.0255. The van der Waals surface area contributed by atoms with E-state index < -0.39 is 5.41 Å². The van der Waals surface area contributed by atoms with E-state index in [-0.39, 0.29) is 12.1 Å². The minimum atomic E-state index is -0.530. The van der Waals surface area contributed by atoms with Crippen LogP contribution in [-0.4, -0.2) is 25.0 Å². The summed E-state index contributed by atoms with van der Waals surface area (Å²) < 4.78 is 12.2. The summed E-state index contributed by atoms with van der Waals surface area (Å²) >= 11 is 0. The van der Waals surface area contributed by atoms with Crippen molar-refractivity contribution in [1.82, 2.24) is 0 Å². The Morgan fingerprint density at radius 3 is 1.24 bits per heavy atom. The molecule has 4 aromatic rings. The Morgan fingerprint density at radius 2 is 0.865 bits per heavy atom. The summed E-state index contributed by atoms with van der Waals surface area (Å²) in [6.45, 7) is 5.21. The average Bonchev–Trinajstić information content (AvgIpc) is 3.66. The molecule has 6 rings (SSSR count). The lowest BCUT2D eigenvalue weighted by atomic mass is 9.92. The molecule has 2 aliphatic rings. The van der Waals surface area contributed by atoms with Gasteiger partial charge in [0, 0.05) is 0 Å². The lowest BCUT2D eigenvalue weighted by Gasteiger charge is -2.22. The van der Waals surface area contributed by atoms with Crippen molar-refractivity contribution in [1.29, 1.82) is 0 Å². The molecule has 0 bridgehead atoms. The molecular formula is C33H30N2O2. The van der Waals surface area contributed by atoms with Crippen LogP contribution in [0.3, 0.4) is 0 Å². The number of hydrogen-bond acceptors (Lipinski definition) is 4. The molecule has 0 saturated carbocycles. The highest BCUT2D eigenvalue weighted by molar-refractivity contribution is 6.05. The lowest BCUT2D eigenvalue weighted by Crippen LogP contribution is -2.34. The van der Waals surface area contributed by atoms with Gasteiger partial charge in [0.2, 0.25) is 0 Å². The zero-order valence-electron chi connectivity index (χ0n) is 21.2. The van der Waals surface area contributed by atoms with Gasteiger partial charge in [0.1, 0.15) is 30.7 Å². The van der Waals surface area contributed by atoms with Crippen LogP contribution in [0.25, 0.3) is 22.3 Å². The van der Waals surface area contributed by atoms with Gasteiger partial charge in [-0.25, -0.2) is 9.98 Å². The third kappa shape index (κ3) is 4.67. The molecule has 37 heavy (non-hydrogen) atoms. The molecular weight excluding hydrogens is 456 g/mol. The van der Waals surface area contributed by atoms with Gasteiger partial charge in [-0.3, -0.25) is 0 Å². The summed E-state index contributed by atoms with van der Waals surface area (Å²) in [5, 5.41) is 0. The first-order valence-electron chi connectivity index (χ1n) is 12.8. The Morgan fingerprint density at radius 1 is 0.514 bits per heavy atom. The van der Waals surface area contributed by atoms with Crippen molar-refractivity contribution in [3.8, 4) is 22.3 Å². The number of benzene rings is 4. The van der Waals surface area contributed by atoms with E-state index in [2.05, 4.69) is 111 Å². The van der Waals surface area contributed by atoms with Crippen LogP contribution < -0.4 is 0 Å². The number of rotatable bonds is 6. The second-order valence-corrected chi connectivity index (χ2v) is 10.1. The number of nitrogens with zero attached hydrogens (tertiary/aromatic N) is 2. The van der Waals surface area contributed by atoms with Gasteiger partial charge in [0.05, 0.1) is 0 Å². The molecule has 4 aromatic carbocycles. The van der Waals surface area contributed by atoms with Crippen molar-refractivity contribution < 1.29 is 9.47 Å². The molecule has 4 nitrogen and oxygen atoms in total. The maximum Gasteiger partial charge on any atom is 0.199 e. The Kier molecular flexibility index (Phi) is 6.09. The summed E-state index contributed by atoms with van der Waals surface area (Å²) in [4.78, 5) is 9.91. The van der Waals surface area contributed by atoms with E-state index in [0.717, 1.165) is 11.1 Å². The summed E-state index contributed by atoms with van der Waals surface area (Å²) in [6.07, 6.45) is 0. The van der Waals surface area contributed by atoms with E-state index in [1.54, 1.807) is 0 Å². The average molecular weight is 487 g/mol. The molecule has 2 atom stereocenters. The van der Waals surface area contributed by atoms with E-state index in [1.165, 1.54) is 22.3 Å². The highest BCUT2D eigenvalue weighted by Gasteiger charge is 2.41. The van der Waals surface area contributed by atoms with Crippen molar-refractivity contribution in [2.45, 2.75) is 25.9 Å². The topological polar surface area (TPSA) is 43.2 Å². The van der Waals surface area contributed by atoms with E-state index in [0.29, 0.717) is 25.0 Å². The Labute approximate surface area is 218 Å². The van der Waals surface area contributed by atoms with Crippen LogP contribution in [0, 0.1) is 5.41 Å². The largest absolute Gasteiger partial charge is 0.478 e. The van der Waals surface area contributed by atoms with Crippen LogP contribution in [0.4, 0.5) is 0 Å². The van der Waals surface area contributed by atoms with Crippen molar-refractivity contribution in [3.05, 3.63) is 120 Å². The monoisotopic (exact) mass is 486 g/mol. The highest BCUT2D eigenvalue weighted by Crippen LogP contribution is 2.36. The van der Waals surface area contributed by atoms with Gasteiger partial charge in [-0.1, -0.05) is 109 Å². The van der Waals surface area contributed by atoms with Gasteiger partial charge >= 0.3 is 0 Å². The van der Waals surface area contributed by atoms with Crippen molar-refractivity contribution in [3.63, 3.8) is 0 Å². The zero-order valence-corrected chi connectivity index (χ0v) is 21.2. The highest BCUT2D eigenvalue weighted by atomic mass is 16.5. The molecule has 0 aliphatic carbocycles. The second kappa shape index (κ2) is 9.70. The lowest BCUT2D eigenvalue weighted by molar-refractivity contribution is 0.265. The summed E-state index contributed by atoms with van der Waals surface area (Å²) in [5.74, 6) is 1.37. The third-order valence-electron chi connectivity index (χ3n) is 7.18. The fourth-order valence-corrected chi connectivity index (χ4v) is 4.92. The van der Waals surface area contributed by atoms with Crippen LogP contribution in [0.2, 0.25) is 0 Å². The minimum Gasteiger partial charge on any atom is -0.478 e. The smallest absolute Gasteiger partial charge is 0.199 e. The number of ether oxygens (including phenoxy) is 2. The molecule has 2 heterocycles. The molecule has 0 amide bonds. The van der Waals surface area contributed by atoms with Crippen LogP contribution >= 0.6 is 0 Å². The number of hydrogen-bond donors (Lipinski definition) is 0. The Bertz CT molecular complexity index is 1310. The summed E-state index contributed by atoms with van der Waals surface area (Å²) in [6, 6.07) is 38.0. The fourth-order valence-electron chi connectivity index (χ4n) is 4.92. The van der Waals surface area contributed by atoms with Crippen molar-refractivity contribution in [2.75, 3.05) is 13.2 Å². The van der Waals surface area contributed by atoms with Crippen LogP contribution in [0.1, 0.15) is 37.1 Å². The van der Waals surface area contributed by atoms with E-state index in [9.17, 15) is 0 Å². The first kappa shape index (κ1) is 23.2. The van der Waals surface area contributed by atoms with E-state index >= 15 is 0 Å². The van der Waals surface area contributed by atoms with Gasteiger partial charge in [0.15, 0.2) is 11.8 Å². The number of aliphatic imine (C=N–C) groups is 2. The van der Waals surface area contributed by atoms with Gasteiger partial charge in [0.25, 0.3) is 0 Å². The fraction of sp³-hybridized carbons (Fsp3) is 0.212. The molecule has 0 unspecified atom stereocenters. The first-order valence-corrected chi connectivity index (χ1v) is 12.8. The molecule has 0 fully saturated rings. The standard InChI is InChI=1S/C33H30N2O2/c1-33(2,31-34-29(21-36-31)27-17-13-25(14-18-27)23-9-5-3-6-10-23)32-35-30(22-37-32)28-19-15-26(16-20-28)24-11-7-4-8-12-24/h3-20,29-30H,21-22H2,1-2H3/t29-,30-/m1/s1. The molecule has 0 radical (unpaired) electrons. The van der Waals surface area contributed by atoms with Gasteiger partial charge in [-0.05, 0) is 47.2 Å². The van der Waals surface area contributed by atoms with Crippen LogP contribution in [0.15, 0.2) is 119 Å². The molecule has 184 valence electrons. The molecule has 0 spiro atoms. The summed E-state index contributed by atoms with van der Waals surface area (Å²) in [5.41, 5.74) is 6.59. The third-order valence-corrected chi connectivity index (χ3v) is 7.18. The first-order chi connectivity index (χ1) is 18.1. The van der Waals surface area contributed by atoms with Gasteiger partial charge in [-0.15, -0.1) is 0 Å². The molecule has 2 aliphatic heterocycles. The Balaban J connectivity index is 1.17. The van der Waals surface area contributed by atoms with E-state index in [4.69, 9.17) is 19.5 Å². The molecule has 0 saturated heterocycles. The van der Waals surface area contributed by atoms with Crippen molar-refractivity contribution in [2.24, 2.45) is 15.4 Å². The molecule has 0 aromatic heterocycles. The van der Waals surface area contributed by atoms with Crippen LogP contribution in [-0.2, 0) is 9.47 Å². The van der Waals surface area contributed by atoms with Gasteiger partial charge in [-0.2, -0.15) is 0 Å². The van der Waals surface area contributed by atoms with E-state index in [1.807, 2.05) is 12.1 Å².